The van der Waals surface area contributed by atoms with E-state index in [0.29, 0.717) is 18.4 Å². The summed E-state index contributed by atoms with van der Waals surface area (Å²) in [7, 11) is 0. The lowest BCUT2D eigenvalue weighted by Gasteiger charge is -2.12. The van der Waals surface area contributed by atoms with Crippen LogP contribution >= 0.6 is 11.8 Å². The molecule has 3 aromatic rings. The number of pyridine rings is 1. The van der Waals surface area contributed by atoms with E-state index in [-0.39, 0.29) is 5.91 Å². The van der Waals surface area contributed by atoms with Gasteiger partial charge in [0.05, 0.1) is 12.2 Å². The van der Waals surface area contributed by atoms with Crippen molar-refractivity contribution >= 4 is 28.6 Å². The Hall–Kier alpha value is -2.53. The average molecular weight is 381 g/mol. The van der Waals surface area contributed by atoms with Crippen LogP contribution in [0.4, 0.5) is 0 Å². The normalized spacial score (nSPS) is 10.9. The highest BCUT2D eigenvalue weighted by atomic mass is 32.2. The molecular weight excluding hydrogens is 356 g/mol. The minimum absolute atomic E-state index is 0.0365. The fourth-order valence-corrected chi connectivity index (χ4v) is 3.71. The first-order valence-electron chi connectivity index (χ1n) is 9.15. The van der Waals surface area contributed by atoms with Crippen LogP contribution in [0, 0.1) is 0 Å². The Bertz CT molecular complexity index is 906. The molecule has 0 radical (unpaired) electrons. The van der Waals surface area contributed by atoms with Crippen molar-refractivity contribution < 1.29 is 9.53 Å². The summed E-state index contributed by atoms with van der Waals surface area (Å²) >= 11 is 1.70. The quantitative estimate of drug-likeness (QED) is 0.444. The van der Waals surface area contributed by atoms with Crippen LogP contribution in [0.25, 0.3) is 10.9 Å². The van der Waals surface area contributed by atoms with Crippen molar-refractivity contribution in [2.75, 3.05) is 13.2 Å². The molecule has 0 aliphatic carbocycles. The molecule has 1 aromatic heterocycles. The van der Waals surface area contributed by atoms with Gasteiger partial charge in [-0.25, -0.2) is 0 Å². The molecule has 27 heavy (non-hydrogen) atoms. The highest BCUT2D eigenvalue weighted by Crippen LogP contribution is 2.26. The van der Waals surface area contributed by atoms with Crippen molar-refractivity contribution in [1.29, 1.82) is 0 Å². The second-order valence-corrected chi connectivity index (χ2v) is 8.07. The third-order valence-corrected chi connectivity index (χ3v) is 5.04. The molecule has 0 saturated heterocycles. The summed E-state index contributed by atoms with van der Waals surface area (Å²) in [5.41, 5.74) is 1.60. The lowest BCUT2D eigenvalue weighted by atomic mass is 10.2. The summed E-state index contributed by atoms with van der Waals surface area (Å²) in [6, 6.07) is 17.6. The van der Waals surface area contributed by atoms with E-state index in [0.717, 1.165) is 33.5 Å². The lowest BCUT2D eigenvalue weighted by Crippen LogP contribution is -2.26. The molecule has 2 aromatic carbocycles. The number of nitrogens with zero attached hydrogens (tertiary/aromatic N) is 1. The first kappa shape index (κ1) is 19.2. The molecule has 0 aliphatic heterocycles. The third kappa shape index (κ3) is 5.23. The van der Waals surface area contributed by atoms with Crippen LogP contribution in [0.5, 0.6) is 5.75 Å². The van der Waals surface area contributed by atoms with Crippen molar-refractivity contribution in [3.63, 3.8) is 0 Å². The van der Waals surface area contributed by atoms with Crippen LogP contribution in [-0.2, 0) is 0 Å². The van der Waals surface area contributed by atoms with Crippen LogP contribution < -0.4 is 10.1 Å². The maximum atomic E-state index is 12.5. The van der Waals surface area contributed by atoms with Crippen molar-refractivity contribution in [2.24, 2.45) is 0 Å². The fraction of sp³-hybridized carbons (Fsp3) is 0.273. The first-order valence-corrected chi connectivity index (χ1v) is 10.0. The number of benzene rings is 2. The molecule has 0 fully saturated rings. The van der Waals surface area contributed by atoms with Gasteiger partial charge in [-0.15, -0.1) is 11.8 Å². The topological polar surface area (TPSA) is 51.2 Å². The smallest absolute Gasteiger partial charge is 0.252 e. The number of para-hydroxylation sites is 1. The summed E-state index contributed by atoms with van der Waals surface area (Å²) in [6.07, 6.45) is 2.50. The summed E-state index contributed by atoms with van der Waals surface area (Å²) in [4.78, 5) is 17.9. The van der Waals surface area contributed by atoms with Gasteiger partial charge in [0.25, 0.3) is 5.91 Å². The molecule has 4 nitrogen and oxygen atoms in total. The Balaban J connectivity index is 1.50. The highest BCUT2D eigenvalue weighted by molar-refractivity contribution is 8.00. The first-order chi connectivity index (χ1) is 13.1. The number of aromatic nitrogens is 1. The van der Waals surface area contributed by atoms with Gasteiger partial charge in [-0.3, -0.25) is 9.78 Å². The van der Waals surface area contributed by atoms with Crippen LogP contribution in [0.15, 0.2) is 65.7 Å². The zero-order valence-corrected chi connectivity index (χ0v) is 16.5. The summed E-state index contributed by atoms with van der Waals surface area (Å²) in [6.45, 7) is 5.34. The van der Waals surface area contributed by atoms with Gasteiger partial charge >= 0.3 is 0 Å². The fourth-order valence-electron chi connectivity index (χ4n) is 2.76. The SMILES string of the molecule is CC(C)Sc1ccccc1C(=O)NCCCOc1cccc2cccnc12. The van der Waals surface area contributed by atoms with Gasteiger partial charge in [0.15, 0.2) is 0 Å². The average Bonchev–Trinajstić information content (AvgIpc) is 2.67. The monoisotopic (exact) mass is 380 g/mol. The zero-order valence-electron chi connectivity index (χ0n) is 15.6. The number of hydrogen-bond donors (Lipinski definition) is 1. The number of ether oxygens (including phenoxy) is 1. The van der Waals surface area contributed by atoms with Crippen LogP contribution in [0.1, 0.15) is 30.6 Å². The van der Waals surface area contributed by atoms with E-state index in [4.69, 9.17) is 4.74 Å². The van der Waals surface area contributed by atoms with Gasteiger partial charge in [0.1, 0.15) is 11.3 Å². The van der Waals surface area contributed by atoms with E-state index in [1.54, 1.807) is 18.0 Å². The second-order valence-electron chi connectivity index (χ2n) is 6.45. The minimum Gasteiger partial charge on any atom is -0.491 e. The summed E-state index contributed by atoms with van der Waals surface area (Å²) in [5.74, 6) is 0.740. The predicted molar refractivity (Wildman–Crippen MR) is 112 cm³/mol. The molecular formula is C22H24N2O2S. The van der Waals surface area contributed by atoms with Gasteiger partial charge in [-0.2, -0.15) is 0 Å². The molecule has 0 aliphatic rings. The minimum atomic E-state index is -0.0365. The van der Waals surface area contributed by atoms with Gasteiger partial charge < -0.3 is 10.1 Å². The van der Waals surface area contributed by atoms with Crippen molar-refractivity contribution in [3.8, 4) is 5.75 Å². The van der Waals surface area contributed by atoms with Gasteiger partial charge in [-0.05, 0) is 30.7 Å². The third-order valence-electron chi connectivity index (χ3n) is 3.95. The number of carbonyl (C=O) groups is 1. The number of amides is 1. The maximum absolute atomic E-state index is 12.5. The molecule has 140 valence electrons. The Morgan fingerprint density at radius 2 is 1.93 bits per heavy atom. The molecule has 3 rings (SSSR count). The Morgan fingerprint density at radius 1 is 1.11 bits per heavy atom. The standard InChI is InChI=1S/C22H24N2O2S/c1-16(2)27-20-12-4-3-10-18(20)22(25)24-14-7-15-26-19-11-5-8-17-9-6-13-23-21(17)19/h3-6,8-13,16H,7,14-15H2,1-2H3,(H,24,25). The van der Waals surface area contributed by atoms with Crippen LogP contribution in [0.3, 0.4) is 0 Å². The second kappa shape index (κ2) is 9.42. The molecule has 5 heteroatoms. The Labute approximate surface area is 164 Å². The summed E-state index contributed by atoms with van der Waals surface area (Å²) < 4.78 is 5.87. The van der Waals surface area contributed by atoms with E-state index in [9.17, 15) is 4.79 Å². The number of hydrogen-bond acceptors (Lipinski definition) is 4. The number of thioether (sulfide) groups is 1. The molecule has 1 N–H and O–H groups in total. The molecule has 0 bridgehead atoms. The largest absolute Gasteiger partial charge is 0.491 e. The van der Waals surface area contributed by atoms with Crippen molar-refractivity contribution in [1.82, 2.24) is 10.3 Å². The van der Waals surface area contributed by atoms with E-state index >= 15 is 0 Å². The molecule has 0 spiro atoms. The van der Waals surface area contributed by atoms with E-state index in [1.807, 2.05) is 54.6 Å². The molecule has 0 unspecified atom stereocenters. The van der Waals surface area contributed by atoms with Crippen molar-refractivity contribution in [2.45, 2.75) is 30.4 Å². The zero-order chi connectivity index (χ0) is 19.1. The molecule has 0 atom stereocenters. The van der Waals surface area contributed by atoms with Gasteiger partial charge in [0.2, 0.25) is 0 Å². The van der Waals surface area contributed by atoms with E-state index in [1.165, 1.54) is 0 Å². The molecule has 0 saturated carbocycles. The number of carbonyl (C=O) groups excluding carboxylic acids is 1. The van der Waals surface area contributed by atoms with Crippen molar-refractivity contribution in [3.05, 3.63) is 66.4 Å². The highest BCUT2D eigenvalue weighted by Gasteiger charge is 2.12. The van der Waals surface area contributed by atoms with Gasteiger partial charge in [0, 0.05) is 28.3 Å². The maximum Gasteiger partial charge on any atom is 0.252 e. The number of fused-ring (bicyclic) bond motifs is 1. The summed E-state index contributed by atoms with van der Waals surface area (Å²) in [5, 5.41) is 4.48. The Morgan fingerprint density at radius 3 is 2.78 bits per heavy atom. The Kier molecular flexibility index (Phi) is 6.71. The lowest BCUT2D eigenvalue weighted by molar-refractivity contribution is 0.0948. The predicted octanol–water partition coefficient (Wildman–Crippen LogP) is 4.93. The van der Waals surface area contributed by atoms with Crippen LogP contribution in [-0.4, -0.2) is 29.3 Å². The van der Waals surface area contributed by atoms with Gasteiger partial charge in [-0.1, -0.05) is 44.2 Å². The number of nitrogens with one attached hydrogen (secondary N) is 1. The molecule has 1 amide bonds. The molecule has 1 heterocycles. The van der Waals surface area contributed by atoms with E-state index in [2.05, 4.69) is 24.1 Å². The number of rotatable bonds is 8. The van der Waals surface area contributed by atoms with E-state index < -0.39 is 0 Å². The van der Waals surface area contributed by atoms with Crippen LogP contribution in [0.2, 0.25) is 0 Å².